The van der Waals surface area contributed by atoms with E-state index in [-0.39, 0.29) is 10.6 Å². The SMILES string of the molecule is O=c1[nH]c2cc(CBr)cnc2cc1Cl. The van der Waals surface area contributed by atoms with Crippen molar-refractivity contribution < 1.29 is 0 Å². The van der Waals surface area contributed by atoms with Crippen molar-refractivity contribution in [1.29, 1.82) is 0 Å². The van der Waals surface area contributed by atoms with Gasteiger partial charge in [0.2, 0.25) is 0 Å². The van der Waals surface area contributed by atoms with Crippen molar-refractivity contribution in [2.24, 2.45) is 0 Å². The van der Waals surface area contributed by atoms with Gasteiger partial charge in [0.25, 0.3) is 5.56 Å². The van der Waals surface area contributed by atoms with Gasteiger partial charge in [-0.25, -0.2) is 0 Å². The van der Waals surface area contributed by atoms with Gasteiger partial charge in [-0.3, -0.25) is 9.78 Å². The molecule has 14 heavy (non-hydrogen) atoms. The fraction of sp³-hybridized carbons (Fsp3) is 0.111. The summed E-state index contributed by atoms with van der Waals surface area (Å²) in [4.78, 5) is 18.0. The molecule has 2 heterocycles. The highest BCUT2D eigenvalue weighted by Gasteiger charge is 2.01. The van der Waals surface area contributed by atoms with Crippen LogP contribution < -0.4 is 5.56 Å². The van der Waals surface area contributed by atoms with Crippen molar-refractivity contribution in [3.63, 3.8) is 0 Å². The fourth-order valence-corrected chi connectivity index (χ4v) is 1.63. The van der Waals surface area contributed by atoms with Crippen LogP contribution in [0.2, 0.25) is 5.02 Å². The maximum atomic E-state index is 11.2. The van der Waals surface area contributed by atoms with Crippen LogP contribution in [0.3, 0.4) is 0 Å². The highest BCUT2D eigenvalue weighted by molar-refractivity contribution is 9.08. The Kier molecular flexibility index (Phi) is 2.56. The van der Waals surface area contributed by atoms with Crippen LogP contribution in [0.5, 0.6) is 0 Å². The lowest BCUT2D eigenvalue weighted by Crippen LogP contribution is -2.06. The van der Waals surface area contributed by atoms with Crippen molar-refractivity contribution in [3.8, 4) is 0 Å². The minimum absolute atomic E-state index is 0.164. The maximum Gasteiger partial charge on any atom is 0.267 e. The predicted molar refractivity (Wildman–Crippen MR) is 60.0 cm³/mol. The van der Waals surface area contributed by atoms with Gasteiger partial charge >= 0.3 is 0 Å². The summed E-state index contributed by atoms with van der Waals surface area (Å²) >= 11 is 8.99. The van der Waals surface area contributed by atoms with Crippen LogP contribution in [0.25, 0.3) is 11.0 Å². The van der Waals surface area contributed by atoms with Crippen LogP contribution in [0, 0.1) is 0 Å². The van der Waals surface area contributed by atoms with Crippen LogP contribution in [0.1, 0.15) is 5.56 Å². The van der Waals surface area contributed by atoms with Gasteiger partial charge in [0, 0.05) is 11.5 Å². The van der Waals surface area contributed by atoms with Gasteiger partial charge in [-0.1, -0.05) is 27.5 Å². The molecule has 3 nitrogen and oxygen atoms in total. The quantitative estimate of drug-likeness (QED) is 0.811. The molecule has 0 amide bonds. The normalized spacial score (nSPS) is 10.7. The lowest BCUT2D eigenvalue weighted by Gasteiger charge is -1.99. The van der Waals surface area contributed by atoms with Crippen molar-refractivity contribution >= 4 is 38.6 Å². The molecular weight excluding hydrogens is 267 g/mol. The summed E-state index contributed by atoms with van der Waals surface area (Å²) in [6.07, 6.45) is 1.74. The van der Waals surface area contributed by atoms with Crippen LogP contribution in [0.4, 0.5) is 0 Å². The second kappa shape index (κ2) is 3.71. The minimum atomic E-state index is -0.285. The van der Waals surface area contributed by atoms with Gasteiger partial charge in [-0.05, 0) is 17.7 Å². The Bertz CT molecular complexity index is 538. The van der Waals surface area contributed by atoms with Crippen molar-refractivity contribution in [3.05, 3.63) is 39.3 Å². The third-order valence-corrected chi connectivity index (χ3v) is 2.79. The first-order valence-corrected chi connectivity index (χ1v) is 5.44. The molecule has 2 aromatic heterocycles. The molecule has 0 spiro atoms. The molecule has 72 valence electrons. The number of aromatic nitrogens is 2. The second-order valence-corrected chi connectivity index (χ2v) is 3.82. The predicted octanol–water partition coefficient (Wildman–Crippen LogP) is 2.47. The van der Waals surface area contributed by atoms with E-state index in [2.05, 4.69) is 25.9 Å². The Labute approximate surface area is 93.2 Å². The maximum absolute atomic E-state index is 11.2. The number of halogens is 2. The Morgan fingerprint density at radius 2 is 2.29 bits per heavy atom. The van der Waals surface area contributed by atoms with E-state index < -0.39 is 0 Å². The number of alkyl halides is 1. The van der Waals surface area contributed by atoms with Crippen LogP contribution >= 0.6 is 27.5 Å². The van der Waals surface area contributed by atoms with Crippen molar-refractivity contribution in [2.45, 2.75) is 5.33 Å². The van der Waals surface area contributed by atoms with Gasteiger partial charge in [-0.2, -0.15) is 0 Å². The van der Waals surface area contributed by atoms with Crippen LogP contribution in [0.15, 0.2) is 23.1 Å². The first-order chi connectivity index (χ1) is 6.70. The summed E-state index contributed by atoms with van der Waals surface area (Å²) in [5.74, 6) is 0. The van der Waals surface area contributed by atoms with E-state index in [0.29, 0.717) is 16.4 Å². The fourth-order valence-electron chi connectivity index (χ4n) is 1.17. The number of pyridine rings is 2. The van der Waals surface area contributed by atoms with Gasteiger partial charge in [0.05, 0.1) is 11.0 Å². The molecular formula is C9H6BrClN2O. The van der Waals surface area contributed by atoms with Crippen LogP contribution in [-0.4, -0.2) is 9.97 Å². The zero-order valence-electron chi connectivity index (χ0n) is 7.05. The highest BCUT2D eigenvalue weighted by Crippen LogP contribution is 2.14. The molecule has 0 atom stereocenters. The number of nitrogens with one attached hydrogen (secondary N) is 1. The molecule has 0 saturated heterocycles. The van der Waals surface area contributed by atoms with Gasteiger partial charge in [0.1, 0.15) is 5.02 Å². The molecule has 0 bridgehead atoms. The van der Waals surface area contributed by atoms with E-state index in [1.807, 2.05) is 6.07 Å². The molecule has 2 rings (SSSR count). The Morgan fingerprint density at radius 3 is 3.00 bits per heavy atom. The van der Waals surface area contributed by atoms with E-state index >= 15 is 0 Å². The summed E-state index contributed by atoms with van der Waals surface area (Å²) in [5.41, 5.74) is 2.12. The number of hydrogen-bond donors (Lipinski definition) is 1. The highest BCUT2D eigenvalue weighted by atomic mass is 79.9. The van der Waals surface area contributed by atoms with Gasteiger partial charge < -0.3 is 4.98 Å². The summed E-state index contributed by atoms with van der Waals surface area (Å²) in [6.45, 7) is 0. The van der Waals surface area contributed by atoms with Gasteiger partial charge in [-0.15, -0.1) is 0 Å². The first kappa shape index (κ1) is 9.68. The lowest BCUT2D eigenvalue weighted by molar-refractivity contribution is 1.24. The molecule has 0 aliphatic rings. The second-order valence-electron chi connectivity index (χ2n) is 2.86. The molecule has 0 fully saturated rings. The van der Waals surface area contributed by atoms with E-state index in [9.17, 15) is 4.79 Å². The van der Waals surface area contributed by atoms with E-state index in [4.69, 9.17) is 11.6 Å². The summed E-state index contributed by atoms with van der Waals surface area (Å²) < 4.78 is 0. The molecule has 0 aliphatic heterocycles. The monoisotopic (exact) mass is 272 g/mol. The standard InChI is InChI=1S/C9H6BrClN2O/c10-3-5-1-8-7(12-4-5)2-6(11)9(14)13-8/h1-2,4H,3H2,(H,13,14). The summed E-state index contributed by atoms with van der Waals surface area (Å²) in [6, 6.07) is 3.43. The zero-order valence-corrected chi connectivity index (χ0v) is 9.39. The number of aromatic amines is 1. The molecule has 1 N–H and O–H groups in total. The molecule has 0 aliphatic carbocycles. The molecule has 0 aromatic carbocycles. The van der Waals surface area contributed by atoms with Gasteiger partial charge in [0.15, 0.2) is 0 Å². The van der Waals surface area contributed by atoms with E-state index in [1.165, 1.54) is 0 Å². The third-order valence-electron chi connectivity index (χ3n) is 1.86. The van der Waals surface area contributed by atoms with Crippen LogP contribution in [-0.2, 0) is 5.33 Å². The van der Waals surface area contributed by atoms with Crippen molar-refractivity contribution in [1.82, 2.24) is 9.97 Å². The average molecular weight is 274 g/mol. The van der Waals surface area contributed by atoms with Crippen molar-refractivity contribution in [2.75, 3.05) is 0 Å². The average Bonchev–Trinajstić information content (AvgIpc) is 2.19. The smallest absolute Gasteiger partial charge is 0.267 e. The number of fused-ring (bicyclic) bond motifs is 1. The Hall–Kier alpha value is -0.870. The van der Waals surface area contributed by atoms with E-state index in [0.717, 1.165) is 5.56 Å². The molecule has 0 unspecified atom stereocenters. The summed E-state index contributed by atoms with van der Waals surface area (Å²) in [5, 5.41) is 0.872. The topological polar surface area (TPSA) is 45.8 Å². The molecule has 0 saturated carbocycles. The summed E-state index contributed by atoms with van der Waals surface area (Å²) in [7, 11) is 0. The number of H-pyrrole nitrogens is 1. The Balaban J connectivity index is 2.77. The Morgan fingerprint density at radius 1 is 1.50 bits per heavy atom. The van der Waals surface area contributed by atoms with E-state index in [1.54, 1.807) is 12.3 Å². The number of hydrogen-bond acceptors (Lipinski definition) is 2. The number of nitrogens with zero attached hydrogens (tertiary/aromatic N) is 1. The third kappa shape index (κ3) is 1.67. The largest absolute Gasteiger partial charge is 0.319 e. The minimum Gasteiger partial charge on any atom is -0.319 e. The first-order valence-electron chi connectivity index (χ1n) is 3.94. The zero-order chi connectivity index (χ0) is 10.1. The lowest BCUT2D eigenvalue weighted by atomic mass is 10.2. The molecule has 2 aromatic rings. The molecule has 0 radical (unpaired) electrons. The molecule has 5 heteroatoms. The number of rotatable bonds is 1.